The highest BCUT2D eigenvalue weighted by Gasteiger charge is 2.19. The molecule has 0 unspecified atom stereocenters. The van der Waals surface area contributed by atoms with Gasteiger partial charge in [0, 0.05) is 68.0 Å². The normalized spacial score (nSPS) is 11.9. The number of hydrogen-bond donors (Lipinski definition) is 0. The van der Waals surface area contributed by atoms with Gasteiger partial charge in [-0.25, -0.2) is 19.9 Å². The molecular formula is C44H24N4OS2. The summed E-state index contributed by atoms with van der Waals surface area (Å²) in [6.07, 6.45) is 0. The highest BCUT2D eigenvalue weighted by Crippen LogP contribution is 2.44. The molecule has 238 valence electrons. The monoisotopic (exact) mass is 688 g/mol. The van der Waals surface area contributed by atoms with E-state index in [-0.39, 0.29) is 0 Å². The van der Waals surface area contributed by atoms with Crippen molar-refractivity contribution in [2.45, 2.75) is 0 Å². The zero-order valence-electron chi connectivity index (χ0n) is 26.9. The Morgan fingerprint density at radius 3 is 1.94 bits per heavy atom. The Bertz CT molecular complexity index is 3150. The summed E-state index contributed by atoms with van der Waals surface area (Å²) in [6, 6.07) is 50.3. The third-order valence-corrected chi connectivity index (χ3v) is 11.8. The van der Waals surface area contributed by atoms with Gasteiger partial charge in [0.05, 0.1) is 0 Å². The molecule has 0 amide bonds. The average Bonchev–Trinajstić information content (AvgIpc) is 3.91. The zero-order chi connectivity index (χ0) is 33.5. The lowest BCUT2D eigenvalue weighted by Crippen LogP contribution is -2.00. The number of hydrogen-bond acceptors (Lipinski definition) is 7. The summed E-state index contributed by atoms with van der Waals surface area (Å²) in [7, 11) is 0. The predicted molar refractivity (Wildman–Crippen MR) is 212 cm³/mol. The smallest absolute Gasteiger partial charge is 0.227 e. The molecule has 51 heavy (non-hydrogen) atoms. The van der Waals surface area contributed by atoms with Gasteiger partial charge in [-0.3, -0.25) is 0 Å². The number of nitrogens with zero attached hydrogens (tertiary/aromatic N) is 4. The fraction of sp³-hybridized carbons (Fsp3) is 0. The van der Waals surface area contributed by atoms with Crippen LogP contribution in [0.25, 0.3) is 108 Å². The topological polar surface area (TPSA) is 64.7 Å². The number of benzene rings is 7. The quantitative estimate of drug-likeness (QED) is 0.184. The van der Waals surface area contributed by atoms with Gasteiger partial charge in [-0.05, 0) is 47.9 Å². The first-order valence-electron chi connectivity index (χ1n) is 16.7. The maximum absolute atomic E-state index is 6.52. The molecule has 0 bridgehead atoms. The fourth-order valence-corrected chi connectivity index (χ4v) is 9.49. The van der Waals surface area contributed by atoms with Gasteiger partial charge in [-0.1, -0.05) is 103 Å². The molecule has 0 fully saturated rings. The van der Waals surface area contributed by atoms with Crippen LogP contribution in [0.2, 0.25) is 0 Å². The van der Waals surface area contributed by atoms with Gasteiger partial charge in [0.1, 0.15) is 5.52 Å². The summed E-state index contributed by atoms with van der Waals surface area (Å²) < 4.78 is 11.3. The highest BCUT2D eigenvalue weighted by atomic mass is 32.1. The van der Waals surface area contributed by atoms with Gasteiger partial charge in [0.15, 0.2) is 23.1 Å². The molecule has 0 saturated heterocycles. The standard InChI is InChI=1S/C44H24N4OS2/c1-3-10-26(11-4-1)41-46-42(48-43(47-41)31-15-9-17-34-38(31)29-14-7-8-16-33(29)50-34)28-18-21-30-36(24-28)51-35-23-20-25-19-22-32-40(37(25)39(30)35)49-44(45-32)27-12-5-2-6-13-27/h1-24H. The second kappa shape index (κ2) is 11.1. The molecule has 0 spiro atoms. The summed E-state index contributed by atoms with van der Waals surface area (Å²) in [4.78, 5) is 20.2. The number of oxazole rings is 1. The maximum Gasteiger partial charge on any atom is 0.227 e. The van der Waals surface area contributed by atoms with Gasteiger partial charge in [0.2, 0.25) is 5.89 Å². The van der Waals surface area contributed by atoms with Gasteiger partial charge >= 0.3 is 0 Å². The molecule has 5 nitrogen and oxygen atoms in total. The molecule has 0 saturated carbocycles. The van der Waals surface area contributed by atoms with Crippen molar-refractivity contribution in [3.63, 3.8) is 0 Å². The predicted octanol–water partition coefficient (Wildman–Crippen LogP) is 12.6. The third-order valence-electron chi connectivity index (χ3n) is 9.56. The van der Waals surface area contributed by atoms with Crippen molar-refractivity contribution >= 4 is 84.9 Å². The minimum atomic E-state index is 0.628. The lowest BCUT2D eigenvalue weighted by atomic mass is 10.0. The molecule has 7 heteroatoms. The van der Waals surface area contributed by atoms with Crippen LogP contribution in [0.1, 0.15) is 0 Å². The van der Waals surface area contributed by atoms with Crippen LogP contribution in [0.15, 0.2) is 150 Å². The van der Waals surface area contributed by atoms with Crippen molar-refractivity contribution in [1.82, 2.24) is 19.9 Å². The van der Waals surface area contributed by atoms with Crippen molar-refractivity contribution in [3.8, 4) is 45.6 Å². The largest absolute Gasteiger partial charge is 0.435 e. The van der Waals surface area contributed by atoms with Gasteiger partial charge in [-0.2, -0.15) is 0 Å². The number of aromatic nitrogens is 4. The van der Waals surface area contributed by atoms with Crippen LogP contribution in [0.4, 0.5) is 0 Å². The Morgan fingerprint density at radius 2 is 1.08 bits per heavy atom. The molecule has 0 atom stereocenters. The van der Waals surface area contributed by atoms with Crippen LogP contribution in [0.5, 0.6) is 0 Å². The second-order valence-corrected chi connectivity index (χ2v) is 14.8. The van der Waals surface area contributed by atoms with E-state index in [0.717, 1.165) is 48.8 Å². The van der Waals surface area contributed by atoms with E-state index >= 15 is 0 Å². The van der Waals surface area contributed by atoms with Gasteiger partial charge in [0.25, 0.3) is 0 Å². The summed E-state index contributed by atoms with van der Waals surface area (Å²) in [5, 5.41) is 6.95. The summed E-state index contributed by atoms with van der Waals surface area (Å²) >= 11 is 3.57. The number of fused-ring (bicyclic) bond motifs is 10. The van der Waals surface area contributed by atoms with E-state index in [1.54, 1.807) is 22.7 Å². The molecule has 4 heterocycles. The summed E-state index contributed by atoms with van der Waals surface area (Å²) in [5.41, 5.74) is 5.52. The Kier molecular flexibility index (Phi) is 6.22. The molecule has 0 aliphatic heterocycles. The highest BCUT2D eigenvalue weighted by molar-refractivity contribution is 7.26. The Labute approximate surface area is 299 Å². The first-order valence-corrected chi connectivity index (χ1v) is 18.3. The van der Waals surface area contributed by atoms with Crippen LogP contribution in [-0.4, -0.2) is 19.9 Å². The molecule has 0 aliphatic carbocycles. The van der Waals surface area contributed by atoms with Crippen LogP contribution < -0.4 is 0 Å². The van der Waals surface area contributed by atoms with E-state index in [0.29, 0.717) is 23.4 Å². The van der Waals surface area contributed by atoms with Crippen molar-refractivity contribution in [3.05, 3.63) is 146 Å². The van der Waals surface area contributed by atoms with E-state index in [1.165, 1.54) is 35.6 Å². The maximum atomic E-state index is 6.52. The lowest BCUT2D eigenvalue weighted by molar-refractivity contribution is 0.623. The Balaban J connectivity index is 1.12. The molecule has 11 aromatic rings. The van der Waals surface area contributed by atoms with E-state index in [4.69, 9.17) is 24.4 Å². The van der Waals surface area contributed by atoms with Crippen LogP contribution in [-0.2, 0) is 0 Å². The molecule has 0 aliphatic rings. The minimum absolute atomic E-state index is 0.628. The zero-order valence-corrected chi connectivity index (χ0v) is 28.5. The van der Waals surface area contributed by atoms with Crippen molar-refractivity contribution in [2.75, 3.05) is 0 Å². The number of thiophene rings is 2. The SMILES string of the molecule is c1ccc(-c2nc(-c3ccc4c(c3)sc3ccc5ccc6nc(-c7ccccc7)oc6c5c34)nc(-c3cccc4sc5ccccc5c34)n2)cc1. The lowest BCUT2D eigenvalue weighted by Gasteiger charge is -2.10. The van der Waals surface area contributed by atoms with Crippen molar-refractivity contribution in [1.29, 1.82) is 0 Å². The first-order chi connectivity index (χ1) is 25.2. The van der Waals surface area contributed by atoms with Gasteiger partial charge in [-0.15, -0.1) is 22.7 Å². The number of rotatable bonds is 4. The van der Waals surface area contributed by atoms with Gasteiger partial charge < -0.3 is 4.42 Å². The third kappa shape index (κ3) is 4.52. The van der Waals surface area contributed by atoms with E-state index in [9.17, 15) is 0 Å². The Morgan fingerprint density at radius 1 is 0.412 bits per heavy atom. The van der Waals surface area contributed by atoms with Crippen molar-refractivity contribution < 1.29 is 4.42 Å². The minimum Gasteiger partial charge on any atom is -0.435 e. The van der Waals surface area contributed by atoms with E-state index < -0.39 is 0 Å². The van der Waals surface area contributed by atoms with Crippen molar-refractivity contribution in [2.24, 2.45) is 0 Å². The molecular weight excluding hydrogens is 665 g/mol. The summed E-state index contributed by atoms with van der Waals surface area (Å²) in [5.74, 6) is 2.58. The first kappa shape index (κ1) is 28.5. The second-order valence-electron chi connectivity index (χ2n) is 12.6. The van der Waals surface area contributed by atoms with E-state index in [1.807, 2.05) is 54.6 Å². The van der Waals surface area contributed by atoms with E-state index in [2.05, 4.69) is 91.0 Å². The van der Waals surface area contributed by atoms with Crippen LogP contribution in [0.3, 0.4) is 0 Å². The molecule has 0 N–H and O–H groups in total. The average molecular weight is 689 g/mol. The molecule has 0 radical (unpaired) electrons. The molecule has 11 rings (SSSR count). The van der Waals surface area contributed by atoms with Crippen LogP contribution >= 0.6 is 22.7 Å². The molecule has 4 aromatic heterocycles. The molecule has 7 aromatic carbocycles. The van der Waals surface area contributed by atoms with Crippen LogP contribution in [0, 0.1) is 0 Å². The Hall–Kier alpha value is -6.28. The summed E-state index contributed by atoms with van der Waals surface area (Å²) in [6.45, 7) is 0. The fourth-order valence-electron chi connectivity index (χ4n) is 7.21.